The van der Waals surface area contributed by atoms with Crippen molar-refractivity contribution in [3.05, 3.63) is 59.4 Å². The number of piperidine rings is 1. The van der Waals surface area contributed by atoms with Gasteiger partial charge in [0.1, 0.15) is 0 Å². The maximum Gasteiger partial charge on any atom is 0.303 e. The lowest BCUT2D eigenvalue weighted by Crippen LogP contribution is -2.38. The second-order valence-electron chi connectivity index (χ2n) is 9.03. The quantitative estimate of drug-likeness (QED) is 0.554. The lowest BCUT2D eigenvalue weighted by atomic mass is 9.89. The van der Waals surface area contributed by atoms with Crippen LogP contribution in [0.5, 0.6) is 0 Å². The molecule has 8 heteroatoms. The van der Waals surface area contributed by atoms with Crippen molar-refractivity contribution in [3.8, 4) is 0 Å². The first-order valence-electron chi connectivity index (χ1n) is 12.2. The number of carbonyl (C=O) groups is 2. The Hall–Kier alpha value is -3.42. The van der Waals surface area contributed by atoms with Gasteiger partial charge in [-0.3, -0.25) is 19.6 Å². The number of aliphatic imine (C=N–C) groups is 1. The van der Waals surface area contributed by atoms with Crippen LogP contribution in [0, 0.1) is 5.92 Å². The van der Waals surface area contributed by atoms with Gasteiger partial charge in [-0.1, -0.05) is 6.07 Å². The highest BCUT2D eigenvalue weighted by molar-refractivity contribution is 5.98. The predicted octanol–water partition coefficient (Wildman–Crippen LogP) is 3.35. The standard InChI is InChI=1S/C26H33N5O3/c32-24(33)8-7-22-18-27-14-9-20(22)6-5-19-10-15-31(16-11-19)25(34)21-3-1-4-23(17-21)30-26-28-12-2-13-29-26/h1,3-4,9,14,17-19H,2,5-8,10-13,15-16H2,(H,32,33)(H2,28,29,30). The molecule has 0 bridgehead atoms. The molecule has 1 fully saturated rings. The summed E-state index contributed by atoms with van der Waals surface area (Å²) in [4.78, 5) is 34.6. The zero-order valence-corrected chi connectivity index (χ0v) is 19.5. The Morgan fingerprint density at radius 2 is 2.00 bits per heavy atom. The smallest absolute Gasteiger partial charge is 0.303 e. The summed E-state index contributed by atoms with van der Waals surface area (Å²) in [7, 11) is 0. The van der Waals surface area contributed by atoms with E-state index in [1.807, 2.05) is 35.2 Å². The van der Waals surface area contributed by atoms with Gasteiger partial charge >= 0.3 is 5.97 Å². The zero-order valence-electron chi connectivity index (χ0n) is 19.5. The molecule has 2 aromatic rings. The second kappa shape index (κ2) is 11.6. The number of aromatic nitrogens is 1. The average Bonchev–Trinajstić information content (AvgIpc) is 2.87. The third-order valence-electron chi connectivity index (χ3n) is 6.61. The van der Waals surface area contributed by atoms with Gasteiger partial charge in [-0.2, -0.15) is 0 Å². The highest BCUT2D eigenvalue weighted by Gasteiger charge is 2.24. The summed E-state index contributed by atoms with van der Waals surface area (Å²) in [6, 6.07) is 9.63. The van der Waals surface area contributed by atoms with Crippen LogP contribution in [0.3, 0.4) is 0 Å². The lowest BCUT2D eigenvalue weighted by molar-refractivity contribution is -0.136. The van der Waals surface area contributed by atoms with E-state index < -0.39 is 5.97 Å². The van der Waals surface area contributed by atoms with E-state index in [0.717, 1.165) is 75.5 Å². The third-order valence-corrected chi connectivity index (χ3v) is 6.61. The molecule has 0 atom stereocenters. The largest absolute Gasteiger partial charge is 0.481 e. The van der Waals surface area contributed by atoms with E-state index in [-0.39, 0.29) is 12.3 Å². The van der Waals surface area contributed by atoms with Crippen LogP contribution < -0.4 is 10.6 Å². The van der Waals surface area contributed by atoms with E-state index in [0.29, 0.717) is 17.9 Å². The molecule has 3 N–H and O–H groups in total. The van der Waals surface area contributed by atoms with Crippen LogP contribution in [-0.2, 0) is 17.6 Å². The van der Waals surface area contributed by atoms with Crippen LogP contribution in [0.15, 0.2) is 47.7 Å². The first-order chi connectivity index (χ1) is 16.6. The molecule has 1 amide bonds. The lowest BCUT2D eigenvalue weighted by Gasteiger charge is -2.32. The number of amides is 1. The highest BCUT2D eigenvalue weighted by atomic mass is 16.4. The van der Waals surface area contributed by atoms with Crippen molar-refractivity contribution in [2.75, 3.05) is 31.5 Å². The number of nitrogens with zero attached hydrogens (tertiary/aromatic N) is 3. The SMILES string of the molecule is O=C(O)CCc1cnccc1CCC1CCN(C(=O)c2cccc(NC3=NCCCN3)c2)CC1. The maximum atomic E-state index is 13.1. The van der Waals surface area contributed by atoms with Gasteiger partial charge < -0.3 is 20.6 Å². The molecule has 1 aromatic carbocycles. The zero-order chi connectivity index (χ0) is 23.8. The Balaban J connectivity index is 1.27. The van der Waals surface area contributed by atoms with Gasteiger partial charge in [0.15, 0.2) is 5.96 Å². The number of guanidine groups is 1. The van der Waals surface area contributed by atoms with Crippen molar-refractivity contribution in [1.29, 1.82) is 0 Å². The fraction of sp³-hybridized carbons (Fsp3) is 0.462. The van der Waals surface area contributed by atoms with Crippen LogP contribution in [0.25, 0.3) is 0 Å². The third kappa shape index (κ3) is 6.56. The van der Waals surface area contributed by atoms with Gasteiger partial charge in [0, 0.05) is 56.2 Å². The molecule has 0 spiro atoms. The summed E-state index contributed by atoms with van der Waals surface area (Å²) in [6.45, 7) is 3.24. The number of aryl methyl sites for hydroxylation is 2. The number of pyridine rings is 1. The minimum atomic E-state index is -0.785. The van der Waals surface area contributed by atoms with Gasteiger partial charge in [0.25, 0.3) is 5.91 Å². The van der Waals surface area contributed by atoms with Crippen LogP contribution in [0.1, 0.15) is 53.6 Å². The molecule has 1 aromatic heterocycles. The fourth-order valence-corrected chi connectivity index (χ4v) is 4.62. The van der Waals surface area contributed by atoms with E-state index in [4.69, 9.17) is 5.11 Å². The predicted molar refractivity (Wildman–Crippen MR) is 132 cm³/mol. The van der Waals surface area contributed by atoms with Crippen LogP contribution in [-0.4, -0.2) is 59.0 Å². The number of hydrogen-bond acceptors (Lipinski definition) is 6. The Kier molecular flexibility index (Phi) is 8.12. The van der Waals surface area contributed by atoms with Gasteiger partial charge in [0.05, 0.1) is 0 Å². The number of benzene rings is 1. The molecule has 1 saturated heterocycles. The van der Waals surface area contributed by atoms with Gasteiger partial charge in [-0.25, -0.2) is 0 Å². The summed E-state index contributed by atoms with van der Waals surface area (Å²) in [6.07, 6.45) is 9.18. The number of nitrogens with one attached hydrogen (secondary N) is 2. The summed E-state index contributed by atoms with van der Waals surface area (Å²) in [5, 5.41) is 15.5. The molecule has 0 unspecified atom stereocenters. The number of carboxylic acids is 1. The number of hydrogen-bond donors (Lipinski definition) is 3. The van der Waals surface area contributed by atoms with Gasteiger partial charge in [-0.15, -0.1) is 0 Å². The van der Waals surface area contributed by atoms with E-state index in [2.05, 4.69) is 20.6 Å². The van der Waals surface area contributed by atoms with Crippen molar-refractivity contribution < 1.29 is 14.7 Å². The first-order valence-corrected chi connectivity index (χ1v) is 12.2. The number of likely N-dealkylation sites (tertiary alicyclic amines) is 1. The van der Waals surface area contributed by atoms with Crippen molar-refractivity contribution in [2.24, 2.45) is 10.9 Å². The molecule has 4 rings (SSSR count). The Morgan fingerprint density at radius 3 is 2.76 bits per heavy atom. The van der Waals surface area contributed by atoms with Crippen molar-refractivity contribution in [3.63, 3.8) is 0 Å². The topological polar surface area (TPSA) is 107 Å². The fourth-order valence-electron chi connectivity index (χ4n) is 4.62. The molecule has 0 aliphatic carbocycles. The molecule has 180 valence electrons. The Labute approximate surface area is 200 Å². The van der Waals surface area contributed by atoms with Gasteiger partial charge in [0.2, 0.25) is 0 Å². The molecule has 0 radical (unpaired) electrons. The normalized spacial score (nSPS) is 16.5. The van der Waals surface area contributed by atoms with Crippen LogP contribution >= 0.6 is 0 Å². The second-order valence-corrected chi connectivity index (χ2v) is 9.03. The molecule has 0 saturated carbocycles. The average molecular weight is 464 g/mol. The molecule has 2 aliphatic rings. The molecular weight excluding hydrogens is 430 g/mol. The summed E-state index contributed by atoms with van der Waals surface area (Å²) in [5.41, 5.74) is 3.78. The molecule has 3 heterocycles. The van der Waals surface area contributed by atoms with Crippen molar-refractivity contribution in [2.45, 2.75) is 44.9 Å². The number of carbonyl (C=O) groups excluding carboxylic acids is 1. The number of rotatable bonds is 8. The van der Waals surface area contributed by atoms with Crippen LogP contribution in [0.4, 0.5) is 5.69 Å². The molecule has 2 aliphatic heterocycles. The molecule has 34 heavy (non-hydrogen) atoms. The van der Waals surface area contributed by atoms with E-state index in [1.165, 1.54) is 5.56 Å². The maximum absolute atomic E-state index is 13.1. The monoisotopic (exact) mass is 463 g/mol. The van der Waals surface area contributed by atoms with Gasteiger partial charge in [-0.05, 0) is 79.8 Å². The van der Waals surface area contributed by atoms with Crippen molar-refractivity contribution in [1.82, 2.24) is 15.2 Å². The summed E-state index contributed by atoms with van der Waals surface area (Å²) >= 11 is 0. The van der Waals surface area contributed by atoms with E-state index in [1.54, 1.807) is 12.4 Å². The number of carboxylic acid groups (broad SMARTS) is 1. The first kappa shape index (κ1) is 23.7. The highest BCUT2D eigenvalue weighted by Crippen LogP contribution is 2.25. The summed E-state index contributed by atoms with van der Waals surface area (Å²) < 4.78 is 0. The van der Waals surface area contributed by atoms with E-state index in [9.17, 15) is 9.59 Å². The minimum absolute atomic E-state index is 0.0748. The number of anilines is 1. The Bertz CT molecular complexity index is 1030. The number of aliphatic carboxylic acids is 1. The summed E-state index contributed by atoms with van der Waals surface area (Å²) in [5.74, 6) is 0.614. The van der Waals surface area contributed by atoms with Crippen molar-refractivity contribution >= 4 is 23.5 Å². The van der Waals surface area contributed by atoms with Crippen LogP contribution in [0.2, 0.25) is 0 Å². The minimum Gasteiger partial charge on any atom is -0.481 e. The Morgan fingerprint density at radius 1 is 1.15 bits per heavy atom. The molecular formula is C26H33N5O3. The molecule has 8 nitrogen and oxygen atoms in total. The van der Waals surface area contributed by atoms with E-state index >= 15 is 0 Å².